The highest BCUT2D eigenvalue weighted by molar-refractivity contribution is 5.87. The van der Waals surface area contributed by atoms with Crippen molar-refractivity contribution in [3.8, 4) is 0 Å². The molecule has 2 nitrogen and oxygen atoms in total. The van der Waals surface area contributed by atoms with E-state index < -0.39 is 0 Å². The number of carbonyl (C=O) groups excluding carboxylic acids is 1. The van der Waals surface area contributed by atoms with Crippen molar-refractivity contribution in [1.29, 1.82) is 0 Å². The summed E-state index contributed by atoms with van der Waals surface area (Å²) >= 11 is 0. The van der Waals surface area contributed by atoms with Crippen LogP contribution in [-0.2, 0) is 9.53 Å². The SMILES string of the molecule is CCCCCCCOC(=O)/C(C)=C/C(C)(C)C. The molecule has 0 radical (unpaired) electrons. The summed E-state index contributed by atoms with van der Waals surface area (Å²) in [6, 6.07) is 0. The van der Waals surface area contributed by atoms with E-state index in [1.54, 1.807) is 0 Å². The molecule has 0 aliphatic rings. The molecule has 0 aromatic heterocycles. The first-order valence-electron chi connectivity index (χ1n) is 6.73. The zero-order valence-electron chi connectivity index (χ0n) is 12.1. The lowest BCUT2D eigenvalue weighted by Gasteiger charge is -2.13. The molecular formula is C15H28O2. The Morgan fingerprint density at radius 3 is 2.24 bits per heavy atom. The molecule has 0 aliphatic carbocycles. The molecule has 100 valence electrons. The van der Waals surface area contributed by atoms with Crippen molar-refractivity contribution in [2.45, 2.75) is 66.7 Å². The van der Waals surface area contributed by atoms with Gasteiger partial charge in [-0.25, -0.2) is 4.79 Å². The first-order chi connectivity index (χ1) is 7.87. The third kappa shape index (κ3) is 10.1. The molecule has 0 aromatic rings. The number of carbonyl (C=O) groups is 1. The Morgan fingerprint density at radius 1 is 1.12 bits per heavy atom. The van der Waals surface area contributed by atoms with E-state index in [9.17, 15) is 4.79 Å². The van der Waals surface area contributed by atoms with Crippen LogP contribution >= 0.6 is 0 Å². The van der Waals surface area contributed by atoms with Gasteiger partial charge in [-0.15, -0.1) is 0 Å². The number of ether oxygens (including phenoxy) is 1. The van der Waals surface area contributed by atoms with E-state index >= 15 is 0 Å². The summed E-state index contributed by atoms with van der Waals surface area (Å²) in [7, 11) is 0. The van der Waals surface area contributed by atoms with E-state index in [2.05, 4.69) is 27.7 Å². The minimum atomic E-state index is -0.171. The van der Waals surface area contributed by atoms with Crippen LogP contribution in [0.5, 0.6) is 0 Å². The highest BCUT2D eigenvalue weighted by Gasteiger charge is 2.11. The Hall–Kier alpha value is -0.790. The standard InChI is InChI=1S/C15H28O2/c1-6-7-8-9-10-11-17-14(16)13(2)12-15(3,4)5/h12H,6-11H2,1-5H3/b13-12+. The predicted molar refractivity (Wildman–Crippen MR) is 72.9 cm³/mol. The van der Waals surface area contributed by atoms with Gasteiger partial charge in [0.15, 0.2) is 0 Å². The minimum absolute atomic E-state index is 0.0320. The average Bonchev–Trinajstić information content (AvgIpc) is 2.20. The lowest BCUT2D eigenvalue weighted by atomic mass is 9.94. The van der Waals surface area contributed by atoms with Crippen LogP contribution in [0.1, 0.15) is 66.7 Å². The van der Waals surface area contributed by atoms with Gasteiger partial charge in [0.2, 0.25) is 0 Å². The normalized spacial score (nSPS) is 12.6. The summed E-state index contributed by atoms with van der Waals surface area (Å²) in [5, 5.41) is 0. The molecule has 0 aromatic carbocycles. The van der Waals surface area contributed by atoms with Gasteiger partial charge in [-0.3, -0.25) is 0 Å². The van der Waals surface area contributed by atoms with Crippen LogP contribution in [0.15, 0.2) is 11.6 Å². The van der Waals surface area contributed by atoms with Crippen molar-refractivity contribution in [3.63, 3.8) is 0 Å². The first-order valence-corrected chi connectivity index (χ1v) is 6.73. The molecule has 2 heteroatoms. The van der Waals surface area contributed by atoms with Crippen molar-refractivity contribution in [3.05, 3.63) is 11.6 Å². The molecule has 0 amide bonds. The fraction of sp³-hybridized carbons (Fsp3) is 0.800. The summed E-state index contributed by atoms with van der Waals surface area (Å²) in [5.41, 5.74) is 0.746. The Bertz CT molecular complexity index is 246. The molecule has 0 heterocycles. The summed E-state index contributed by atoms with van der Waals surface area (Å²) in [5.74, 6) is -0.171. The zero-order chi connectivity index (χ0) is 13.3. The molecule has 0 N–H and O–H groups in total. The maximum absolute atomic E-state index is 11.6. The molecule has 0 atom stereocenters. The largest absolute Gasteiger partial charge is 0.462 e. The molecule has 0 saturated heterocycles. The molecule has 0 unspecified atom stereocenters. The lowest BCUT2D eigenvalue weighted by molar-refractivity contribution is -0.139. The maximum Gasteiger partial charge on any atom is 0.333 e. The molecule has 17 heavy (non-hydrogen) atoms. The number of esters is 1. The van der Waals surface area contributed by atoms with Gasteiger partial charge in [0, 0.05) is 5.57 Å². The first kappa shape index (κ1) is 16.2. The highest BCUT2D eigenvalue weighted by Crippen LogP contribution is 2.18. The van der Waals surface area contributed by atoms with Gasteiger partial charge in [0.1, 0.15) is 0 Å². The summed E-state index contributed by atoms with van der Waals surface area (Å²) < 4.78 is 5.22. The van der Waals surface area contributed by atoms with Crippen LogP contribution in [0.4, 0.5) is 0 Å². The van der Waals surface area contributed by atoms with Crippen LogP contribution in [0, 0.1) is 5.41 Å². The van der Waals surface area contributed by atoms with E-state index in [0.29, 0.717) is 12.2 Å². The van der Waals surface area contributed by atoms with E-state index in [0.717, 1.165) is 12.8 Å². The Balaban J connectivity index is 3.76. The molecule has 0 saturated carbocycles. The minimum Gasteiger partial charge on any atom is -0.462 e. The Labute approximate surface area is 106 Å². The molecule has 0 aliphatic heterocycles. The zero-order valence-corrected chi connectivity index (χ0v) is 12.1. The highest BCUT2D eigenvalue weighted by atomic mass is 16.5. The average molecular weight is 240 g/mol. The van der Waals surface area contributed by atoms with Crippen molar-refractivity contribution < 1.29 is 9.53 Å². The van der Waals surface area contributed by atoms with Crippen molar-refractivity contribution in [2.75, 3.05) is 6.61 Å². The third-order valence-electron chi connectivity index (χ3n) is 2.45. The number of hydrogen-bond acceptors (Lipinski definition) is 2. The number of rotatable bonds is 7. The fourth-order valence-corrected chi connectivity index (χ4v) is 1.69. The van der Waals surface area contributed by atoms with Crippen molar-refractivity contribution >= 4 is 5.97 Å². The van der Waals surface area contributed by atoms with Gasteiger partial charge in [-0.2, -0.15) is 0 Å². The van der Waals surface area contributed by atoms with E-state index in [1.807, 2.05) is 13.0 Å². The monoisotopic (exact) mass is 240 g/mol. The van der Waals surface area contributed by atoms with Crippen LogP contribution in [0.25, 0.3) is 0 Å². The number of hydrogen-bond donors (Lipinski definition) is 0. The van der Waals surface area contributed by atoms with Gasteiger partial charge in [0.05, 0.1) is 6.61 Å². The van der Waals surface area contributed by atoms with Crippen molar-refractivity contribution in [1.82, 2.24) is 0 Å². The van der Waals surface area contributed by atoms with Crippen LogP contribution in [0.2, 0.25) is 0 Å². The van der Waals surface area contributed by atoms with Gasteiger partial charge < -0.3 is 4.74 Å². The van der Waals surface area contributed by atoms with Crippen LogP contribution in [-0.4, -0.2) is 12.6 Å². The number of allylic oxidation sites excluding steroid dienone is 1. The molecule has 0 fully saturated rings. The smallest absolute Gasteiger partial charge is 0.333 e. The van der Waals surface area contributed by atoms with Crippen molar-refractivity contribution in [2.24, 2.45) is 5.41 Å². The summed E-state index contributed by atoms with van der Waals surface area (Å²) in [6.45, 7) is 10.8. The van der Waals surface area contributed by atoms with E-state index in [4.69, 9.17) is 4.74 Å². The summed E-state index contributed by atoms with van der Waals surface area (Å²) in [4.78, 5) is 11.6. The summed E-state index contributed by atoms with van der Waals surface area (Å²) in [6.07, 6.45) is 7.86. The van der Waals surface area contributed by atoms with Gasteiger partial charge in [-0.1, -0.05) is 59.5 Å². The van der Waals surface area contributed by atoms with Gasteiger partial charge in [-0.05, 0) is 18.8 Å². The van der Waals surface area contributed by atoms with E-state index in [1.165, 1.54) is 19.3 Å². The molecule has 0 bridgehead atoms. The molecule has 0 spiro atoms. The fourth-order valence-electron chi connectivity index (χ4n) is 1.69. The van der Waals surface area contributed by atoms with Crippen LogP contribution < -0.4 is 0 Å². The second-order valence-corrected chi connectivity index (χ2v) is 5.74. The Morgan fingerprint density at radius 2 is 1.71 bits per heavy atom. The molecule has 0 rings (SSSR count). The second kappa shape index (κ2) is 8.32. The van der Waals surface area contributed by atoms with Gasteiger partial charge in [0.25, 0.3) is 0 Å². The van der Waals surface area contributed by atoms with Gasteiger partial charge >= 0.3 is 5.97 Å². The predicted octanol–water partition coefficient (Wildman–Crippen LogP) is 4.49. The topological polar surface area (TPSA) is 26.3 Å². The molecular weight excluding hydrogens is 212 g/mol. The maximum atomic E-state index is 11.6. The second-order valence-electron chi connectivity index (χ2n) is 5.74. The van der Waals surface area contributed by atoms with E-state index in [-0.39, 0.29) is 11.4 Å². The lowest BCUT2D eigenvalue weighted by Crippen LogP contribution is -2.10. The quantitative estimate of drug-likeness (QED) is 0.372. The third-order valence-corrected chi connectivity index (χ3v) is 2.45. The van der Waals surface area contributed by atoms with Crippen LogP contribution in [0.3, 0.4) is 0 Å². The Kier molecular flexibility index (Phi) is 7.94. The number of unbranched alkanes of at least 4 members (excludes halogenated alkanes) is 4.